The van der Waals surface area contributed by atoms with Gasteiger partial charge in [0, 0.05) is 6.04 Å². The summed E-state index contributed by atoms with van der Waals surface area (Å²) in [5.74, 6) is -0.294. The number of hydrogen-bond donors (Lipinski definition) is 2. The molecule has 66 valence electrons. The number of benzene rings is 1. The first-order valence-corrected chi connectivity index (χ1v) is 3.86. The van der Waals surface area contributed by atoms with E-state index in [1.807, 2.05) is 0 Å². The Labute approximate surface area is 71.0 Å². The van der Waals surface area contributed by atoms with Gasteiger partial charge in [0.15, 0.2) is 0 Å². The van der Waals surface area contributed by atoms with Crippen LogP contribution in [0, 0.1) is 5.82 Å². The summed E-state index contributed by atoms with van der Waals surface area (Å²) in [5, 5.41) is 11.5. The van der Waals surface area contributed by atoms with Crippen molar-refractivity contribution in [3.8, 4) is 0 Å². The van der Waals surface area contributed by atoms with Crippen LogP contribution in [0.25, 0.3) is 0 Å². The van der Waals surface area contributed by atoms with Gasteiger partial charge in [-0.15, -0.1) is 0 Å². The molecule has 0 aliphatic rings. The Balaban J connectivity index is 2.69. The molecule has 0 aliphatic heterocycles. The van der Waals surface area contributed by atoms with E-state index in [9.17, 15) is 4.39 Å². The maximum Gasteiger partial charge on any atom is 0.146 e. The number of rotatable bonds is 3. The summed E-state index contributed by atoms with van der Waals surface area (Å²) in [6.07, 6.45) is 0. The quantitative estimate of drug-likeness (QED) is 0.720. The van der Waals surface area contributed by atoms with Gasteiger partial charge in [-0.25, -0.2) is 4.39 Å². The first-order valence-electron chi connectivity index (χ1n) is 3.86. The van der Waals surface area contributed by atoms with Gasteiger partial charge >= 0.3 is 0 Å². The molecular weight excluding hydrogens is 157 g/mol. The molecule has 0 radical (unpaired) electrons. The first-order chi connectivity index (χ1) is 5.74. The number of aliphatic hydroxyl groups is 1. The second-order valence-electron chi connectivity index (χ2n) is 2.71. The van der Waals surface area contributed by atoms with Gasteiger partial charge in [-0.1, -0.05) is 12.1 Å². The van der Waals surface area contributed by atoms with Crippen LogP contribution in [0.5, 0.6) is 0 Å². The highest BCUT2D eigenvalue weighted by Gasteiger charge is 2.02. The lowest BCUT2D eigenvalue weighted by Gasteiger charge is -2.12. The zero-order valence-corrected chi connectivity index (χ0v) is 6.92. The molecular formula is C9H12FNO. The van der Waals surface area contributed by atoms with E-state index in [-0.39, 0.29) is 18.5 Å². The molecule has 12 heavy (non-hydrogen) atoms. The fraction of sp³-hybridized carbons (Fsp3) is 0.333. The second kappa shape index (κ2) is 4.07. The van der Waals surface area contributed by atoms with E-state index in [1.165, 1.54) is 6.07 Å². The van der Waals surface area contributed by atoms with Gasteiger partial charge in [0.2, 0.25) is 0 Å². The molecule has 0 spiro atoms. The monoisotopic (exact) mass is 169 g/mol. The Morgan fingerprint density at radius 2 is 2.17 bits per heavy atom. The maximum absolute atomic E-state index is 12.9. The molecule has 3 heteroatoms. The molecule has 0 heterocycles. The SMILES string of the molecule is CC(CO)Nc1ccccc1F. The fourth-order valence-corrected chi connectivity index (χ4v) is 0.889. The summed E-state index contributed by atoms with van der Waals surface area (Å²) >= 11 is 0. The molecule has 1 aromatic carbocycles. The Morgan fingerprint density at radius 3 is 2.75 bits per heavy atom. The highest BCUT2D eigenvalue weighted by molar-refractivity contribution is 5.44. The summed E-state index contributed by atoms with van der Waals surface area (Å²) in [5.41, 5.74) is 0.430. The summed E-state index contributed by atoms with van der Waals surface area (Å²) in [6, 6.07) is 6.27. The van der Waals surface area contributed by atoms with Crippen LogP contribution < -0.4 is 5.32 Å². The summed E-state index contributed by atoms with van der Waals surface area (Å²) < 4.78 is 12.9. The van der Waals surface area contributed by atoms with Crippen molar-refractivity contribution in [2.24, 2.45) is 0 Å². The van der Waals surface area contributed by atoms with Crippen LogP contribution in [0.3, 0.4) is 0 Å². The van der Waals surface area contributed by atoms with Crippen LogP contribution in [0.15, 0.2) is 24.3 Å². The fourth-order valence-electron chi connectivity index (χ4n) is 0.889. The Bertz CT molecular complexity index is 252. The number of nitrogens with one attached hydrogen (secondary N) is 1. The van der Waals surface area contributed by atoms with Crippen molar-refractivity contribution >= 4 is 5.69 Å². The van der Waals surface area contributed by atoms with E-state index in [1.54, 1.807) is 25.1 Å². The van der Waals surface area contributed by atoms with Crippen LogP contribution in [-0.4, -0.2) is 17.8 Å². The smallest absolute Gasteiger partial charge is 0.146 e. The molecule has 1 aromatic rings. The topological polar surface area (TPSA) is 32.3 Å². The van der Waals surface area contributed by atoms with Crippen molar-refractivity contribution in [1.82, 2.24) is 0 Å². The van der Waals surface area contributed by atoms with E-state index in [0.29, 0.717) is 5.69 Å². The normalized spacial score (nSPS) is 12.6. The van der Waals surface area contributed by atoms with Crippen molar-refractivity contribution in [1.29, 1.82) is 0 Å². The lowest BCUT2D eigenvalue weighted by Crippen LogP contribution is -2.19. The number of para-hydroxylation sites is 1. The third-order valence-electron chi connectivity index (χ3n) is 1.55. The second-order valence-corrected chi connectivity index (χ2v) is 2.71. The van der Waals surface area contributed by atoms with Crippen molar-refractivity contribution < 1.29 is 9.50 Å². The van der Waals surface area contributed by atoms with Gasteiger partial charge < -0.3 is 10.4 Å². The van der Waals surface area contributed by atoms with Crippen molar-refractivity contribution in [3.05, 3.63) is 30.1 Å². The molecule has 0 aromatic heterocycles. The minimum Gasteiger partial charge on any atom is -0.394 e. The zero-order valence-electron chi connectivity index (χ0n) is 6.92. The van der Waals surface area contributed by atoms with Crippen LogP contribution in [0.2, 0.25) is 0 Å². The summed E-state index contributed by atoms with van der Waals surface area (Å²) in [7, 11) is 0. The lowest BCUT2D eigenvalue weighted by molar-refractivity contribution is 0.281. The Morgan fingerprint density at radius 1 is 1.50 bits per heavy atom. The zero-order chi connectivity index (χ0) is 8.97. The maximum atomic E-state index is 12.9. The van der Waals surface area contributed by atoms with Crippen LogP contribution in [0.1, 0.15) is 6.92 Å². The van der Waals surface area contributed by atoms with Gasteiger partial charge in [0.1, 0.15) is 5.82 Å². The predicted molar refractivity (Wildman–Crippen MR) is 46.6 cm³/mol. The standard InChI is InChI=1S/C9H12FNO/c1-7(6-12)11-9-5-3-2-4-8(9)10/h2-5,7,11-12H,6H2,1H3. The van der Waals surface area contributed by atoms with Crippen molar-refractivity contribution in [3.63, 3.8) is 0 Å². The van der Waals surface area contributed by atoms with Gasteiger partial charge in [-0.2, -0.15) is 0 Å². The highest BCUT2D eigenvalue weighted by Crippen LogP contribution is 2.12. The molecule has 0 amide bonds. The Hall–Kier alpha value is -1.09. The van der Waals surface area contributed by atoms with Crippen LogP contribution in [0.4, 0.5) is 10.1 Å². The molecule has 0 aliphatic carbocycles. The van der Waals surface area contributed by atoms with Gasteiger partial charge in [0.25, 0.3) is 0 Å². The lowest BCUT2D eigenvalue weighted by atomic mass is 10.2. The first kappa shape index (κ1) is 9.00. The molecule has 0 bridgehead atoms. The number of halogens is 1. The van der Waals surface area contributed by atoms with Gasteiger partial charge in [0.05, 0.1) is 12.3 Å². The molecule has 2 N–H and O–H groups in total. The van der Waals surface area contributed by atoms with E-state index in [4.69, 9.17) is 5.11 Å². The molecule has 1 unspecified atom stereocenters. The van der Waals surface area contributed by atoms with E-state index < -0.39 is 0 Å². The summed E-state index contributed by atoms with van der Waals surface area (Å²) in [4.78, 5) is 0. The third-order valence-corrected chi connectivity index (χ3v) is 1.55. The molecule has 0 fully saturated rings. The van der Waals surface area contributed by atoms with Crippen molar-refractivity contribution in [2.45, 2.75) is 13.0 Å². The minimum absolute atomic E-state index is 0.00562. The average molecular weight is 169 g/mol. The molecule has 1 atom stereocenters. The van der Waals surface area contributed by atoms with E-state index in [2.05, 4.69) is 5.32 Å². The Kier molecular flexibility index (Phi) is 3.05. The molecule has 0 saturated heterocycles. The number of hydrogen-bond acceptors (Lipinski definition) is 2. The number of aliphatic hydroxyl groups excluding tert-OH is 1. The molecule has 0 saturated carbocycles. The van der Waals surface area contributed by atoms with Gasteiger partial charge in [-0.05, 0) is 19.1 Å². The predicted octanol–water partition coefficient (Wildman–Crippen LogP) is 1.62. The minimum atomic E-state index is -0.294. The molecule has 1 rings (SSSR count). The molecule has 2 nitrogen and oxygen atoms in total. The van der Waals surface area contributed by atoms with Gasteiger partial charge in [-0.3, -0.25) is 0 Å². The average Bonchev–Trinajstić information content (AvgIpc) is 2.09. The van der Waals surface area contributed by atoms with E-state index in [0.717, 1.165) is 0 Å². The van der Waals surface area contributed by atoms with Crippen LogP contribution in [-0.2, 0) is 0 Å². The van der Waals surface area contributed by atoms with Crippen LogP contribution >= 0.6 is 0 Å². The highest BCUT2D eigenvalue weighted by atomic mass is 19.1. The number of anilines is 1. The largest absolute Gasteiger partial charge is 0.394 e. The summed E-state index contributed by atoms with van der Waals surface area (Å²) in [6.45, 7) is 1.78. The third kappa shape index (κ3) is 2.20. The van der Waals surface area contributed by atoms with Crippen molar-refractivity contribution in [2.75, 3.05) is 11.9 Å². The van der Waals surface area contributed by atoms with E-state index >= 15 is 0 Å².